The lowest BCUT2D eigenvalue weighted by Crippen LogP contribution is -2.15. The summed E-state index contributed by atoms with van der Waals surface area (Å²) in [6.45, 7) is 1.90. The predicted molar refractivity (Wildman–Crippen MR) is 88.8 cm³/mol. The zero-order chi connectivity index (χ0) is 18.8. The largest absolute Gasteiger partial charge is 0.490 e. The quantitative estimate of drug-likeness (QED) is 0.730. The van der Waals surface area contributed by atoms with E-state index in [1.54, 1.807) is 6.92 Å². The first-order valence-corrected chi connectivity index (χ1v) is 10.1. The molecule has 0 aromatic heterocycles. The van der Waals surface area contributed by atoms with Crippen molar-refractivity contribution in [2.45, 2.75) is 23.1 Å². The molecule has 0 unspecified atom stereocenters. The molecule has 7 nitrogen and oxygen atoms in total. The number of benzene rings is 2. The van der Waals surface area contributed by atoms with Gasteiger partial charge in [-0.3, -0.25) is 4.55 Å². The van der Waals surface area contributed by atoms with E-state index in [9.17, 15) is 25.8 Å². The Hall–Kier alpha value is -2.01. The average molecular weight is 389 g/mol. The Labute approximate surface area is 145 Å². The van der Waals surface area contributed by atoms with Crippen molar-refractivity contribution in [3.05, 3.63) is 42.2 Å². The summed E-state index contributed by atoms with van der Waals surface area (Å²) in [5.74, 6) is -1.14. The van der Waals surface area contributed by atoms with E-state index in [4.69, 9.17) is 9.88 Å². The first kappa shape index (κ1) is 19.3. The molecule has 2 rings (SSSR count). The predicted octanol–water partition coefficient (Wildman–Crippen LogP) is 2.18. The number of para-hydroxylation sites is 1. The molecule has 0 aliphatic rings. The van der Waals surface area contributed by atoms with Crippen LogP contribution in [-0.2, 0) is 20.1 Å². The van der Waals surface area contributed by atoms with Crippen molar-refractivity contribution in [1.29, 1.82) is 0 Å². The van der Waals surface area contributed by atoms with E-state index in [1.165, 1.54) is 12.1 Å². The maximum Gasteiger partial charge on any atom is 0.295 e. The summed E-state index contributed by atoms with van der Waals surface area (Å²) in [5.41, 5.74) is -0.594. The van der Waals surface area contributed by atoms with E-state index in [2.05, 4.69) is 0 Å². The highest BCUT2D eigenvalue weighted by molar-refractivity contribution is 7.89. The Balaban J connectivity index is 2.94. The number of rotatable bonds is 6. The van der Waals surface area contributed by atoms with Crippen molar-refractivity contribution < 1.29 is 30.5 Å². The minimum Gasteiger partial charge on any atom is -0.490 e. The molecule has 25 heavy (non-hydrogen) atoms. The van der Waals surface area contributed by atoms with Crippen LogP contribution in [-0.4, -0.2) is 28.0 Å². The minimum atomic E-state index is -4.81. The van der Waals surface area contributed by atoms with Crippen LogP contribution in [0.5, 0.6) is 5.75 Å². The fourth-order valence-corrected chi connectivity index (χ4v) is 3.85. The molecule has 3 N–H and O–H groups in total. The third-order valence-electron chi connectivity index (χ3n) is 3.26. The number of hydrogen-bond acceptors (Lipinski definition) is 5. The zero-order valence-corrected chi connectivity index (χ0v) is 14.8. The summed E-state index contributed by atoms with van der Waals surface area (Å²) >= 11 is 0. The summed E-state index contributed by atoms with van der Waals surface area (Å²) in [6, 6.07) is 6.80. The van der Waals surface area contributed by atoms with Gasteiger partial charge in [0, 0.05) is 11.1 Å². The highest BCUT2D eigenvalue weighted by Gasteiger charge is 2.27. The smallest absolute Gasteiger partial charge is 0.295 e. The van der Waals surface area contributed by atoms with Crippen LogP contribution >= 0.6 is 0 Å². The molecule has 0 atom stereocenters. The van der Waals surface area contributed by atoms with Gasteiger partial charge in [0.25, 0.3) is 10.1 Å². The summed E-state index contributed by atoms with van der Waals surface area (Å²) in [7, 11) is -9.18. The van der Waals surface area contributed by atoms with E-state index in [-0.39, 0.29) is 17.9 Å². The second kappa shape index (κ2) is 7.08. The average Bonchev–Trinajstić information content (AvgIpc) is 2.51. The van der Waals surface area contributed by atoms with Crippen LogP contribution in [0.4, 0.5) is 4.39 Å². The van der Waals surface area contributed by atoms with Gasteiger partial charge >= 0.3 is 0 Å². The van der Waals surface area contributed by atoms with Crippen LogP contribution in [0.25, 0.3) is 11.1 Å². The Morgan fingerprint density at radius 1 is 1.08 bits per heavy atom. The summed E-state index contributed by atoms with van der Waals surface area (Å²) in [5, 5.41) is 5.16. The fourth-order valence-electron chi connectivity index (χ4n) is 2.29. The van der Waals surface area contributed by atoms with Gasteiger partial charge in [-0.2, -0.15) is 8.42 Å². The van der Waals surface area contributed by atoms with E-state index < -0.39 is 41.3 Å². The lowest BCUT2D eigenvalue weighted by atomic mass is 10.0. The van der Waals surface area contributed by atoms with Gasteiger partial charge in [-0.05, 0) is 24.6 Å². The van der Waals surface area contributed by atoms with Gasteiger partial charge in [0.15, 0.2) is 11.6 Å². The maximum absolute atomic E-state index is 14.2. The van der Waals surface area contributed by atoms with Crippen LogP contribution < -0.4 is 9.88 Å². The Kier molecular flexibility index (Phi) is 5.47. The third-order valence-corrected chi connectivity index (χ3v) is 5.11. The molecule has 0 saturated heterocycles. The van der Waals surface area contributed by atoms with E-state index in [1.807, 2.05) is 0 Å². The van der Waals surface area contributed by atoms with Crippen LogP contribution in [0.2, 0.25) is 0 Å². The van der Waals surface area contributed by atoms with Crippen molar-refractivity contribution in [2.75, 3.05) is 6.61 Å². The van der Waals surface area contributed by atoms with Gasteiger partial charge in [0.1, 0.15) is 4.90 Å². The molecule has 0 spiro atoms. The summed E-state index contributed by atoms with van der Waals surface area (Å²) < 4.78 is 76.1. The molecule has 0 aliphatic heterocycles. The number of primary sulfonamides is 1. The molecule has 0 radical (unpaired) electrons. The fraction of sp³-hybridized carbons (Fsp3) is 0.200. The van der Waals surface area contributed by atoms with E-state index in [0.717, 1.165) is 24.3 Å². The van der Waals surface area contributed by atoms with E-state index in [0.29, 0.717) is 6.42 Å². The van der Waals surface area contributed by atoms with Crippen molar-refractivity contribution >= 4 is 20.1 Å². The van der Waals surface area contributed by atoms with Crippen molar-refractivity contribution in [2.24, 2.45) is 5.14 Å². The van der Waals surface area contributed by atoms with E-state index >= 15 is 0 Å². The monoisotopic (exact) mass is 389 g/mol. The maximum atomic E-state index is 14.2. The SMILES string of the molecule is CCCOc1c(F)cccc1-c1c(S(N)(=O)=O)cccc1S(=O)(=O)O. The van der Waals surface area contributed by atoms with Crippen molar-refractivity contribution in [3.8, 4) is 16.9 Å². The Bertz CT molecular complexity index is 952. The standard InChI is InChI=1S/C15H16FNO6S2/c1-2-9-23-15-10(5-3-6-11(15)16)14-12(24(17,18)19)7-4-8-13(14)25(20,21)22/h3-8H,2,9H2,1H3,(H2,17,18,19)(H,20,21,22). The molecule has 0 saturated carbocycles. The topological polar surface area (TPSA) is 124 Å². The van der Waals surface area contributed by atoms with Crippen LogP contribution in [0, 0.1) is 5.82 Å². The number of sulfonamides is 1. The molecule has 136 valence electrons. The zero-order valence-electron chi connectivity index (χ0n) is 13.1. The molecule has 0 bridgehead atoms. The second-order valence-electron chi connectivity index (χ2n) is 5.11. The van der Waals surface area contributed by atoms with Gasteiger partial charge in [0.05, 0.1) is 11.5 Å². The van der Waals surface area contributed by atoms with Gasteiger partial charge in [0.2, 0.25) is 10.0 Å². The molecule has 0 heterocycles. The molecular weight excluding hydrogens is 373 g/mol. The molecule has 2 aromatic rings. The first-order valence-electron chi connectivity index (χ1n) is 7.12. The molecule has 0 amide bonds. The molecule has 0 aliphatic carbocycles. The van der Waals surface area contributed by atoms with Crippen molar-refractivity contribution in [3.63, 3.8) is 0 Å². The minimum absolute atomic E-state index is 0.118. The van der Waals surface area contributed by atoms with Crippen LogP contribution in [0.15, 0.2) is 46.2 Å². The van der Waals surface area contributed by atoms with Crippen LogP contribution in [0.3, 0.4) is 0 Å². The molecule has 10 heteroatoms. The Morgan fingerprint density at radius 3 is 2.24 bits per heavy atom. The second-order valence-corrected chi connectivity index (χ2v) is 8.03. The summed E-state index contributed by atoms with van der Waals surface area (Å²) in [4.78, 5) is -1.29. The number of ether oxygens (including phenoxy) is 1. The Morgan fingerprint density at radius 2 is 1.68 bits per heavy atom. The normalized spacial score (nSPS) is 12.2. The summed E-state index contributed by atoms with van der Waals surface area (Å²) in [6.07, 6.45) is 0.537. The lowest BCUT2D eigenvalue weighted by molar-refractivity contribution is 0.302. The molecular formula is C15H16FNO6S2. The first-order chi connectivity index (χ1) is 11.6. The lowest BCUT2D eigenvalue weighted by Gasteiger charge is -2.16. The highest BCUT2D eigenvalue weighted by Crippen LogP contribution is 2.39. The molecule has 0 fully saturated rings. The van der Waals surface area contributed by atoms with Crippen molar-refractivity contribution in [1.82, 2.24) is 0 Å². The molecule has 2 aromatic carbocycles. The van der Waals surface area contributed by atoms with Gasteiger partial charge in [-0.25, -0.2) is 17.9 Å². The highest BCUT2D eigenvalue weighted by atomic mass is 32.2. The van der Waals surface area contributed by atoms with Gasteiger partial charge < -0.3 is 4.74 Å². The van der Waals surface area contributed by atoms with Gasteiger partial charge in [-0.1, -0.05) is 25.1 Å². The van der Waals surface area contributed by atoms with Crippen LogP contribution in [0.1, 0.15) is 13.3 Å². The number of hydrogen-bond donors (Lipinski definition) is 2. The van der Waals surface area contributed by atoms with Gasteiger partial charge in [-0.15, -0.1) is 0 Å². The number of nitrogens with two attached hydrogens (primary N) is 1. The number of halogens is 1. The third kappa shape index (κ3) is 4.15.